The second-order valence-corrected chi connectivity index (χ2v) is 5.13. The Bertz CT molecular complexity index is 500. The standard InChI is InChI=1S/C12H19N5O4/c18-11(8-16-7-10(5-14-16)17(20)21)6-13-4-3-12(19)15-9-1-2-9/h5,7,9,11,13,18H,1-4,6,8H2,(H,15,19). The maximum Gasteiger partial charge on any atom is 0.306 e. The number of nitrogens with zero attached hydrogens (tertiary/aromatic N) is 3. The van der Waals surface area contributed by atoms with Crippen molar-refractivity contribution in [3.63, 3.8) is 0 Å². The van der Waals surface area contributed by atoms with E-state index < -0.39 is 11.0 Å². The summed E-state index contributed by atoms with van der Waals surface area (Å²) in [5.74, 6) is 0.0159. The Labute approximate surface area is 121 Å². The first-order chi connectivity index (χ1) is 10.0. The van der Waals surface area contributed by atoms with E-state index in [1.807, 2.05) is 0 Å². The Morgan fingerprint density at radius 3 is 3.00 bits per heavy atom. The zero-order valence-corrected chi connectivity index (χ0v) is 11.6. The molecule has 1 heterocycles. The summed E-state index contributed by atoms with van der Waals surface area (Å²) in [7, 11) is 0. The van der Waals surface area contributed by atoms with Crippen molar-refractivity contribution in [3.8, 4) is 0 Å². The number of nitro groups is 1. The molecule has 1 fully saturated rings. The van der Waals surface area contributed by atoms with Gasteiger partial charge in [-0.3, -0.25) is 19.6 Å². The van der Waals surface area contributed by atoms with Crippen LogP contribution >= 0.6 is 0 Å². The van der Waals surface area contributed by atoms with Crippen LogP contribution < -0.4 is 10.6 Å². The molecule has 9 heteroatoms. The monoisotopic (exact) mass is 297 g/mol. The molecule has 1 aliphatic carbocycles. The second-order valence-electron chi connectivity index (χ2n) is 5.13. The molecule has 1 atom stereocenters. The largest absolute Gasteiger partial charge is 0.390 e. The van der Waals surface area contributed by atoms with Crippen LogP contribution in [-0.2, 0) is 11.3 Å². The van der Waals surface area contributed by atoms with Crippen LogP contribution in [0.1, 0.15) is 19.3 Å². The predicted octanol–water partition coefficient (Wildman–Crippen LogP) is -0.589. The summed E-state index contributed by atoms with van der Waals surface area (Å²) < 4.78 is 1.32. The average molecular weight is 297 g/mol. The molecular formula is C12H19N5O4. The maximum atomic E-state index is 11.4. The fourth-order valence-corrected chi connectivity index (χ4v) is 1.83. The highest BCUT2D eigenvalue weighted by atomic mass is 16.6. The van der Waals surface area contributed by atoms with Crippen molar-refractivity contribution >= 4 is 11.6 Å². The van der Waals surface area contributed by atoms with Gasteiger partial charge in [-0.1, -0.05) is 0 Å². The molecule has 0 saturated heterocycles. The smallest absolute Gasteiger partial charge is 0.306 e. The van der Waals surface area contributed by atoms with Gasteiger partial charge in [-0.2, -0.15) is 5.10 Å². The molecule has 0 spiro atoms. The minimum atomic E-state index is -0.726. The van der Waals surface area contributed by atoms with Crippen LogP contribution in [0.3, 0.4) is 0 Å². The van der Waals surface area contributed by atoms with Gasteiger partial charge in [-0.15, -0.1) is 0 Å². The number of hydrogen-bond acceptors (Lipinski definition) is 6. The first kappa shape index (κ1) is 15.4. The number of rotatable bonds is 9. The van der Waals surface area contributed by atoms with E-state index in [0.29, 0.717) is 25.6 Å². The molecule has 9 nitrogen and oxygen atoms in total. The van der Waals surface area contributed by atoms with E-state index in [2.05, 4.69) is 15.7 Å². The number of carbonyl (C=O) groups excluding carboxylic acids is 1. The number of hydrogen-bond donors (Lipinski definition) is 3. The van der Waals surface area contributed by atoms with Crippen molar-refractivity contribution in [2.45, 2.75) is 38.0 Å². The molecule has 1 aromatic rings. The molecule has 0 radical (unpaired) electrons. The van der Waals surface area contributed by atoms with Crippen molar-refractivity contribution in [3.05, 3.63) is 22.5 Å². The zero-order chi connectivity index (χ0) is 15.2. The first-order valence-corrected chi connectivity index (χ1v) is 6.89. The Balaban J connectivity index is 1.59. The molecule has 3 N–H and O–H groups in total. The van der Waals surface area contributed by atoms with Gasteiger partial charge in [-0.25, -0.2) is 0 Å². The predicted molar refractivity (Wildman–Crippen MR) is 73.5 cm³/mol. The summed E-state index contributed by atoms with van der Waals surface area (Å²) in [5.41, 5.74) is -0.105. The molecule has 1 aliphatic rings. The molecule has 0 bridgehead atoms. The summed E-state index contributed by atoms with van der Waals surface area (Å²) in [4.78, 5) is 21.4. The van der Waals surface area contributed by atoms with E-state index in [0.717, 1.165) is 19.0 Å². The third-order valence-corrected chi connectivity index (χ3v) is 3.08. The van der Waals surface area contributed by atoms with Crippen molar-refractivity contribution < 1.29 is 14.8 Å². The highest BCUT2D eigenvalue weighted by Gasteiger charge is 2.22. The van der Waals surface area contributed by atoms with E-state index in [4.69, 9.17) is 0 Å². The van der Waals surface area contributed by atoms with Crippen LogP contribution in [0.15, 0.2) is 12.4 Å². The fraction of sp³-hybridized carbons (Fsp3) is 0.667. The Morgan fingerprint density at radius 2 is 2.38 bits per heavy atom. The highest BCUT2D eigenvalue weighted by molar-refractivity contribution is 5.76. The molecule has 0 aliphatic heterocycles. The molecule has 1 saturated carbocycles. The van der Waals surface area contributed by atoms with Gasteiger partial charge in [0.1, 0.15) is 12.4 Å². The third kappa shape index (κ3) is 5.48. The van der Waals surface area contributed by atoms with Gasteiger partial charge >= 0.3 is 5.69 Å². The SMILES string of the molecule is O=C(CCNCC(O)Cn1cc([N+](=O)[O-])cn1)NC1CC1. The molecule has 2 rings (SSSR count). The van der Waals surface area contributed by atoms with Crippen molar-refractivity contribution in [1.29, 1.82) is 0 Å². The van der Waals surface area contributed by atoms with Crippen LogP contribution in [0, 0.1) is 10.1 Å². The number of nitrogens with one attached hydrogen (secondary N) is 2. The minimum Gasteiger partial charge on any atom is -0.390 e. The van der Waals surface area contributed by atoms with Crippen molar-refractivity contribution in [1.82, 2.24) is 20.4 Å². The van der Waals surface area contributed by atoms with E-state index in [1.54, 1.807) is 0 Å². The lowest BCUT2D eigenvalue weighted by molar-refractivity contribution is -0.385. The third-order valence-electron chi connectivity index (χ3n) is 3.08. The second kappa shape index (κ2) is 7.14. The maximum absolute atomic E-state index is 11.4. The quantitative estimate of drug-likeness (QED) is 0.318. The fourth-order valence-electron chi connectivity index (χ4n) is 1.83. The van der Waals surface area contributed by atoms with E-state index >= 15 is 0 Å². The van der Waals surface area contributed by atoms with Gasteiger partial charge in [-0.05, 0) is 12.8 Å². The van der Waals surface area contributed by atoms with Gasteiger partial charge in [0.15, 0.2) is 0 Å². The van der Waals surface area contributed by atoms with Crippen LogP contribution in [0.2, 0.25) is 0 Å². The minimum absolute atomic E-state index is 0.0159. The average Bonchev–Trinajstić information content (AvgIpc) is 3.10. The lowest BCUT2D eigenvalue weighted by Gasteiger charge is -2.11. The van der Waals surface area contributed by atoms with Gasteiger partial charge < -0.3 is 15.7 Å². The van der Waals surface area contributed by atoms with Crippen molar-refractivity contribution in [2.75, 3.05) is 13.1 Å². The lowest BCUT2D eigenvalue weighted by Crippen LogP contribution is -2.34. The van der Waals surface area contributed by atoms with Gasteiger partial charge in [0.05, 0.1) is 17.6 Å². The molecule has 1 aromatic heterocycles. The van der Waals surface area contributed by atoms with Crippen LogP contribution in [0.25, 0.3) is 0 Å². The van der Waals surface area contributed by atoms with Gasteiger partial charge in [0.25, 0.3) is 0 Å². The Kier molecular flexibility index (Phi) is 5.23. The Morgan fingerprint density at radius 1 is 1.62 bits per heavy atom. The van der Waals surface area contributed by atoms with Gasteiger partial charge in [0.2, 0.25) is 5.91 Å². The summed E-state index contributed by atoms with van der Waals surface area (Å²) in [6.45, 7) is 0.939. The zero-order valence-electron chi connectivity index (χ0n) is 11.6. The first-order valence-electron chi connectivity index (χ1n) is 6.89. The number of aliphatic hydroxyl groups is 1. The summed E-state index contributed by atoms with van der Waals surface area (Å²) in [6, 6.07) is 0.360. The van der Waals surface area contributed by atoms with Gasteiger partial charge in [0, 0.05) is 25.6 Å². The summed E-state index contributed by atoms with van der Waals surface area (Å²) >= 11 is 0. The molecule has 1 amide bonds. The molecule has 116 valence electrons. The van der Waals surface area contributed by atoms with E-state index in [9.17, 15) is 20.0 Å². The number of aromatic nitrogens is 2. The molecule has 1 unspecified atom stereocenters. The van der Waals surface area contributed by atoms with Crippen LogP contribution in [-0.4, -0.2) is 51.0 Å². The molecule has 21 heavy (non-hydrogen) atoms. The summed E-state index contributed by atoms with van der Waals surface area (Å²) in [6.07, 6.45) is 4.18. The Hall–Kier alpha value is -2.00. The van der Waals surface area contributed by atoms with E-state index in [-0.39, 0.29) is 18.1 Å². The lowest BCUT2D eigenvalue weighted by atomic mass is 10.3. The topological polar surface area (TPSA) is 122 Å². The molecular weight excluding hydrogens is 278 g/mol. The van der Waals surface area contributed by atoms with Crippen LogP contribution in [0.5, 0.6) is 0 Å². The van der Waals surface area contributed by atoms with E-state index in [1.165, 1.54) is 10.9 Å². The number of amides is 1. The van der Waals surface area contributed by atoms with Crippen molar-refractivity contribution in [2.24, 2.45) is 0 Å². The normalized spacial score (nSPS) is 15.7. The highest BCUT2D eigenvalue weighted by Crippen LogP contribution is 2.18. The number of carbonyl (C=O) groups is 1. The van der Waals surface area contributed by atoms with Crippen LogP contribution in [0.4, 0.5) is 5.69 Å². The molecule has 0 aromatic carbocycles. The number of aliphatic hydroxyl groups excluding tert-OH is 1. The summed E-state index contributed by atoms with van der Waals surface area (Å²) in [5, 5.41) is 29.9.